The Kier molecular flexibility index (Phi) is 9.41. The number of aryl methyl sites for hydroxylation is 1. The highest BCUT2D eigenvalue weighted by Gasteiger charge is 2.33. The van der Waals surface area contributed by atoms with E-state index in [4.69, 9.17) is 0 Å². The minimum absolute atomic E-state index is 0.0992. The Labute approximate surface area is 231 Å². The van der Waals surface area contributed by atoms with Crippen LogP contribution in [-0.2, 0) is 26.0 Å². The molecule has 1 atom stereocenters. The molecule has 4 rings (SSSR count). The number of rotatable bonds is 11. The molecule has 39 heavy (non-hydrogen) atoms. The maximum Gasteiger partial charge on any atom is 0.264 e. The highest BCUT2D eigenvalue weighted by atomic mass is 32.2. The Morgan fingerprint density at radius 3 is 2.21 bits per heavy atom. The number of amides is 2. The van der Waals surface area contributed by atoms with Gasteiger partial charge in [0.1, 0.15) is 12.6 Å². The van der Waals surface area contributed by atoms with Gasteiger partial charge in [-0.2, -0.15) is 0 Å². The van der Waals surface area contributed by atoms with Gasteiger partial charge in [0.2, 0.25) is 11.8 Å². The van der Waals surface area contributed by atoms with E-state index in [2.05, 4.69) is 5.32 Å². The molecule has 206 valence electrons. The number of carbonyl (C=O) groups excluding carboxylic acids is 2. The Morgan fingerprint density at radius 1 is 0.923 bits per heavy atom. The molecule has 2 amide bonds. The van der Waals surface area contributed by atoms with Gasteiger partial charge in [-0.1, -0.05) is 73.5 Å². The fraction of sp³-hybridized carbons (Fsp3) is 0.355. The first-order valence-electron chi connectivity index (χ1n) is 13.5. The molecule has 3 aromatic rings. The first-order chi connectivity index (χ1) is 18.8. The van der Waals surface area contributed by atoms with E-state index in [1.54, 1.807) is 43.3 Å². The van der Waals surface area contributed by atoms with E-state index in [9.17, 15) is 18.0 Å². The molecule has 1 aliphatic carbocycles. The lowest BCUT2D eigenvalue weighted by atomic mass is 10.1. The van der Waals surface area contributed by atoms with Gasteiger partial charge < -0.3 is 10.2 Å². The smallest absolute Gasteiger partial charge is 0.264 e. The SMILES string of the molecule is Cc1cccc(N(CC(=O)N(CCc2ccccc2)C(C)C(=O)NC2CCCC2)S(=O)(=O)c2ccccc2)c1. The summed E-state index contributed by atoms with van der Waals surface area (Å²) in [4.78, 5) is 28.8. The predicted molar refractivity (Wildman–Crippen MR) is 154 cm³/mol. The van der Waals surface area contributed by atoms with Crippen molar-refractivity contribution in [3.63, 3.8) is 0 Å². The number of nitrogens with one attached hydrogen (secondary N) is 1. The zero-order valence-corrected chi connectivity index (χ0v) is 23.4. The third-order valence-corrected chi connectivity index (χ3v) is 9.04. The molecule has 0 bridgehead atoms. The van der Waals surface area contributed by atoms with Crippen LogP contribution in [0.5, 0.6) is 0 Å². The van der Waals surface area contributed by atoms with Crippen molar-refractivity contribution in [2.24, 2.45) is 0 Å². The second kappa shape index (κ2) is 12.9. The quantitative estimate of drug-likeness (QED) is 0.377. The highest BCUT2D eigenvalue weighted by Crippen LogP contribution is 2.25. The van der Waals surface area contributed by atoms with E-state index in [-0.39, 0.29) is 23.4 Å². The van der Waals surface area contributed by atoms with Crippen molar-refractivity contribution < 1.29 is 18.0 Å². The number of nitrogens with zero attached hydrogens (tertiary/aromatic N) is 2. The maximum atomic E-state index is 13.9. The molecular formula is C31H37N3O4S. The molecule has 1 aliphatic rings. The third kappa shape index (κ3) is 7.26. The summed E-state index contributed by atoms with van der Waals surface area (Å²) in [5.41, 5.74) is 2.31. The molecule has 0 aliphatic heterocycles. The van der Waals surface area contributed by atoms with Gasteiger partial charge in [0, 0.05) is 12.6 Å². The van der Waals surface area contributed by atoms with Crippen molar-refractivity contribution in [1.82, 2.24) is 10.2 Å². The van der Waals surface area contributed by atoms with Crippen LogP contribution < -0.4 is 9.62 Å². The topological polar surface area (TPSA) is 86.8 Å². The number of benzene rings is 3. The summed E-state index contributed by atoms with van der Waals surface area (Å²) in [6, 6.07) is 24.3. The third-order valence-electron chi connectivity index (χ3n) is 7.25. The lowest BCUT2D eigenvalue weighted by Crippen LogP contribution is -2.53. The van der Waals surface area contributed by atoms with Crippen LogP contribution in [0.15, 0.2) is 89.8 Å². The van der Waals surface area contributed by atoms with Crippen molar-refractivity contribution in [2.75, 3.05) is 17.4 Å². The first kappa shape index (κ1) is 28.4. The summed E-state index contributed by atoms with van der Waals surface area (Å²) in [6.45, 7) is 3.46. The summed E-state index contributed by atoms with van der Waals surface area (Å²) in [6.07, 6.45) is 4.58. The van der Waals surface area contributed by atoms with Crippen molar-refractivity contribution >= 4 is 27.5 Å². The molecule has 0 radical (unpaired) electrons. The zero-order chi connectivity index (χ0) is 27.8. The molecule has 1 unspecified atom stereocenters. The van der Waals surface area contributed by atoms with E-state index in [1.165, 1.54) is 17.0 Å². The van der Waals surface area contributed by atoms with Crippen LogP contribution in [-0.4, -0.2) is 50.3 Å². The van der Waals surface area contributed by atoms with E-state index < -0.39 is 28.5 Å². The van der Waals surface area contributed by atoms with Gasteiger partial charge in [-0.15, -0.1) is 0 Å². The Hall–Kier alpha value is -3.65. The fourth-order valence-electron chi connectivity index (χ4n) is 4.99. The lowest BCUT2D eigenvalue weighted by molar-refractivity contribution is -0.139. The average molecular weight is 548 g/mol. The van der Waals surface area contributed by atoms with Crippen molar-refractivity contribution in [3.05, 3.63) is 96.1 Å². The van der Waals surface area contributed by atoms with E-state index in [0.29, 0.717) is 12.1 Å². The van der Waals surface area contributed by atoms with Crippen molar-refractivity contribution in [1.29, 1.82) is 0 Å². The summed E-state index contributed by atoms with van der Waals surface area (Å²) >= 11 is 0. The molecule has 1 N–H and O–H groups in total. The second-order valence-corrected chi connectivity index (χ2v) is 12.0. The van der Waals surface area contributed by atoms with Gasteiger partial charge in [-0.25, -0.2) is 8.42 Å². The minimum Gasteiger partial charge on any atom is -0.352 e. The number of hydrogen-bond acceptors (Lipinski definition) is 4. The Bertz CT molecular complexity index is 1360. The normalized spacial score (nSPS) is 14.5. The lowest BCUT2D eigenvalue weighted by Gasteiger charge is -2.32. The molecule has 0 spiro atoms. The Morgan fingerprint density at radius 2 is 1.56 bits per heavy atom. The number of hydrogen-bond donors (Lipinski definition) is 1. The summed E-state index contributed by atoms with van der Waals surface area (Å²) in [5, 5.41) is 3.10. The number of sulfonamides is 1. The molecule has 8 heteroatoms. The molecule has 0 saturated heterocycles. The van der Waals surface area contributed by atoms with Crippen molar-refractivity contribution in [3.8, 4) is 0 Å². The highest BCUT2D eigenvalue weighted by molar-refractivity contribution is 7.92. The minimum atomic E-state index is -4.05. The van der Waals surface area contributed by atoms with Gasteiger partial charge in [-0.05, 0) is 68.5 Å². The van der Waals surface area contributed by atoms with Gasteiger partial charge in [-0.3, -0.25) is 13.9 Å². The molecule has 1 saturated carbocycles. The van der Waals surface area contributed by atoms with Crippen LogP contribution in [0.3, 0.4) is 0 Å². The first-order valence-corrected chi connectivity index (χ1v) is 15.0. The molecular weight excluding hydrogens is 510 g/mol. The van der Waals surface area contributed by atoms with E-state index >= 15 is 0 Å². The molecule has 1 fully saturated rings. The molecule has 3 aromatic carbocycles. The van der Waals surface area contributed by atoms with Crippen LogP contribution in [0.1, 0.15) is 43.7 Å². The molecule has 0 heterocycles. The van der Waals surface area contributed by atoms with Crippen LogP contribution in [0.2, 0.25) is 0 Å². The van der Waals surface area contributed by atoms with Gasteiger partial charge in [0.15, 0.2) is 0 Å². The van der Waals surface area contributed by atoms with Crippen LogP contribution in [0, 0.1) is 6.92 Å². The van der Waals surface area contributed by atoms with Crippen LogP contribution in [0.25, 0.3) is 0 Å². The number of carbonyl (C=O) groups is 2. The average Bonchev–Trinajstić information content (AvgIpc) is 3.45. The Balaban J connectivity index is 1.63. The predicted octanol–water partition coefficient (Wildman–Crippen LogP) is 4.71. The van der Waals surface area contributed by atoms with Gasteiger partial charge in [0.25, 0.3) is 10.0 Å². The molecule has 7 nitrogen and oxygen atoms in total. The fourth-order valence-corrected chi connectivity index (χ4v) is 6.42. The molecule has 0 aromatic heterocycles. The van der Waals surface area contributed by atoms with Gasteiger partial charge in [0.05, 0.1) is 10.6 Å². The summed E-state index contributed by atoms with van der Waals surface area (Å²) < 4.78 is 28.7. The second-order valence-electron chi connectivity index (χ2n) is 10.2. The van der Waals surface area contributed by atoms with Crippen LogP contribution >= 0.6 is 0 Å². The van der Waals surface area contributed by atoms with E-state index in [1.807, 2.05) is 43.3 Å². The number of anilines is 1. The summed E-state index contributed by atoms with van der Waals surface area (Å²) in [7, 11) is -4.05. The summed E-state index contributed by atoms with van der Waals surface area (Å²) in [5.74, 6) is -0.641. The monoisotopic (exact) mass is 547 g/mol. The largest absolute Gasteiger partial charge is 0.352 e. The van der Waals surface area contributed by atoms with E-state index in [0.717, 1.165) is 41.1 Å². The van der Waals surface area contributed by atoms with Crippen molar-refractivity contribution in [2.45, 2.75) is 62.9 Å². The maximum absolute atomic E-state index is 13.9. The zero-order valence-electron chi connectivity index (χ0n) is 22.6. The standard InChI is InChI=1S/C31H37N3O4S/c1-24-12-11-17-28(22-24)34(39(37,38)29-18-7-4-8-19-29)23-30(35)33(21-20-26-13-5-3-6-14-26)25(2)31(36)32-27-15-9-10-16-27/h3-8,11-14,17-19,22,25,27H,9-10,15-16,20-21,23H2,1-2H3,(H,32,36). The van der Waals surface area contributed by atoms with Crippen LogP contribution in [0.4, 0.5) is 5.69 Å². The van der Waals surface area contributed by atoms with Gasteiger partial charge >= 0.3 is 0 Å².